The summed E-state index contributed by atoms with van der Waals surface area (Å²) >= 11 is 1.45. The Morgan fingerprint density at radius 3 is 2.40 bits per heavy atom. The lowest BCUT2D eigenvalue weighted by atomic mass is 10.2. The van der Waals surface area contributed by atoms with Crippen molar-refractivity contribution in [3.8, 4) is 5.75 Å². The lowest BCUT2D eigenvalue weighted by Crippen LogP contribution is -2.41. The standard InChI is InChI=1S/C22H29N3O4S/c1-2-3-4-5-14-29-19-10-8-17(9-11-19)22(28)25-24-20(26)7-6-13-23-21(27)18-12-15-30-16-18/h8-12,15-16H,2-7,13-14H2,1H3,(H,23,27)(H,24,26)(H,25,28). The van der Waals surface area contributed by atoms with Crippen molar-refractivity contribution in [1.82, 2.24) is 16.2 Å². The normalized spacial score (nSPS) is 10.3. The van der Waals surface area contributed by atoms with E-state index in [1.54, 1.807) is 35.7 Å². The van der Waals surface area contributed by atoms with E-state index in [1.807, 2.05) is 5.38 Å². The number of amides is 3. The molecular weight excluding hydrogens is 402 g/mol. The first-order valence-electron chi connectivity index (χ1n) is 10.2. The summed E-state index contributed by atoms with van der Waals surface area (Å²) in [7, 11) is 0. The number of unbranched alkanes of at least 4 members (excludes halogenated alkanes) is 3. The molecule has 162 valence electrons. The summed E-state index contributed by atoms with van der Waals surface area (Å²) in [5.74, 6) is -0.154. The van der Waals surface area contributed by atoms with Crippen molar-refractivity contribution >= 4 is 29.1 Å². The zero-order valence-electron chi connectivity index (χ0n) is 17.2. The monoisotopic (exact) mass is 431 g/mol. The van der Waals surface area contributed by atoms with Gasteiger partial charge in [-0.25, -0.2) is 0 Å². The molecule has 1 aromatic carbocycles. The molecule has 2 rings (SSSR count). The maximum absolute atomic E-state index is 12.1. The fourth-order valence-electron chi connectivity index (χ4n) is 2.63. The average molecular weight is 432 g/mol. The van der Waals surface area contributed by atoms with Crippen molar-refractivity contribution in [3.63, 3.8) is 0 Å². The van der Waals surface area contributed by atoms with Gasteiger partial charge in [-0.2, -0.15) is 11.3 Å². The highest BCUT2D eigenvalue weighted by atomic mass is 32.1. The number of carbonyl (C=O) groups excluding carboxylic acids is 3. The van der Waals surface area contributed by atoms with Crippen molar-refractivity contribution in [1.29, 1.82) is 0 Å². The lowest BCUT2D eigenvalue weighted by molar-refractivity contribution is -0.121. The zero-order valence-corrected chi connectivity index (χ0v) is 18.1. The van der Waals surface area contributed by atoms with Crippen LogP contribution in [0.1, 0.15) is 66.2 Å². The molecule has 0 saturated carbocycles. The molecule has 0 aliphatic carbocycles. The van der Waals surface area contributed by atoms with Crippen LogP contribution in [0.4, 0.5) is 0 Å². The molecule has 1 aromatic heterocycles. The maximum Gasteiger partial charge on any atom is 0.269 e. The van der Waals surface area contributed by atoms with Gasteiger partial charge in [0.25, 0.3) is 11.8 Å². The van der Waals surface area contributed by atoms with Gasteiger partial charge in [0.05, 0.1) is 6.61 Å². The van der Waals surface area contributed by atoms with Gasteiger partial charge < -0.3 is 10.1 Å². The van der Waals surface area contributed by atoms with E-state index >= 15 is 0 Å². The van der Waals surface area contributed by atoms with Gasteiger partial charge in [0, 0.05) is 29.5 Å². The predicted molar refractivity (Wildman–Crippen MR) is 118 cm³/mol. The highest BCUT2D eigenvalue weighted by Crippen LogP contribution is 2.13. The third-order valence-corrected chi connectivity index (χ3v) is 5.03. The molecule has 0 fully saturated rings. The van der Waals surface area contributed by atoms with Gasteiger partial charge in [0.1, 0.15) is 5.75 Å². The zero-order chi connectivity index (χ0) is 21.6. The van der Waals surface area contributed by atoms with Crippen LogP contribution in [0, 0.1) is 0 Å². The largest absolute Gasteiger partial charge is 0.494 e. The summed E-state index contributed by atoms with van der Waals surface area (Å²) in [6, 6.07) is 8.54. The molecule has 0 spiro atoms. The average Bonchev–Trinajstić information content (AvgIpc) is 3.30. The fourth-order valence-corrected chi connectivity index (χ4v) is 3.27. The SMILES string of the molecule is CCCCCCOc1ccc(C(=O)NNC(=O)CCCNC(=O)c2ccsc2)cc1. The highest BCUT2D eigenvalue weighted by molar-refractivity contribution is 7.08. The molecule has 3 N–H and O–H groups in total. The summed E-state index contributed by atoms with van der Waals surface area (Å²) in [6.45, 7) is 3.21. The van der Waals surface area contributed by atoms with Gasteiger partial charge in [-0.05, 0) is 48.6 Å². The quantitative estimate of drug-likeness (QED) is 0.353. The molecule has 3 amide bonds. The topological polar surface area (TPSA) is 96.5 Å². The van der Waals surface area contributed by atoms with Gasteiger partial charge in [0.15, 0.2) is 0 Å². The molecule has 0 radical (unpaired) electrons. The van der Waals surface area contributed by atoms with E-state index < -0.39 is 5.91 Å². The Kier molecular flexibility index (Phi) is 10.4. The summed E-state index contributed by atoms with van der Waals surface area (Å²) < 4.78 is 5.65. The van der Waals surface area contributed by atoms with Crippen LogP contribution in [0.25, 0.3) is 0 Å². The van der Waals surface area contributed by atoms with Crippen molar-refractivity contribution in [2.24, 2.45) is 0 Å². The summed E-state index contributed by atoms with van der Waals surface area (Å²) in [4.78, 5) is 35.7. The Balaban J connectivity index is 1.60. The van der Waals surface area contributed by atoms with E-state index in [4.69, 9.17) is 4.74 Å². The van der Waals surface area contributed by atoms with Crippen molar-refractivity contribution in [2.75, 3.05) is 13.2 Å². The van der Waals surface area contributed by atoms with E-state index in [-0.39, 0.29) is 18.2 Å². The van der Waals surface area contributed by atoms with Crippen molar-refractivity contribution in [2.45, 2.75) is 45.4 Å². The molecule has 0 atom stereocenters. The Morgan fingerprint density at radius 2 is 1.70 bits per heavy atom. The molecule has 0 bridgehead atoms. The van der Waals surface area contributed by atoms with E-state index in [0.29, 0.717) is 30.7 Å². The molecule has 8 heteroatoms. The smallest absolute Gasteiger partial charge is 0.269 e. The molecule has 0 unspecified atom stereocenters. The third-order valence-electron chi connectivity index (χ3n) is 4.35. The van der Waals surface area contributed by atoms with Crippen LogP contribution >= 0.6 is 11.3 Å². The molecule has 1 heterocycles. The van der Waals surface area contributed by atoms with Gasteiger partial charge in [0.2, 0.25) is 5.91 Å². The molecular formula is C22H29N3O4S. The third kappa shape index (κ3) is 8.65. The maximum atomic E-state index is 12.1. The van der Waals surface area contributed by atoms with Gasteiger partial charge in [-0.15, -0.1) is 0 Å². The van der Waals surface area contributed by atoms with Crippen LogP contribution in [-0.2, 0) is 4.79 Å². The molecule has 0 aliphatic rings. The minimum Gasteiger partial charge on any atom is -0.494 e. The second-order valence-electron chi connectivity index (χ2n) is 6.81. The van der Waals surface area contributed by atoms with E-state index in [0.717, 1.165) is 18.6 Å². The van der Waals surface area contributed by atoms with Crippen LogP contribution < -0.4 is 20.9 Å². The van der Waals surface area contributed by atoms with Crippen LogP contribution in [0.15, 0.2) is 41.1 Å². The second-order valence-corrected chi connectivity index (χ2v) is 7.59. The number of ether oxygens (including phenoxy) is 1. The predicted octanol–water partition coefficient (Wildman–Crippen LogP) is 3.68. The first-order chi connectivity index (χ1) is 14.6. The fraction of sp³-hybridized carbons (Fsp3) is 0.409. The first kappa shape index (κ1) is 23.4. The summed E-state index contributed by atoms with van der Waals surface area (Å²) in [5, 5.41) is 6.35. The van der Waals surface area contributed by atoms with E-state index in [1.165, 1.54) is 24.2 Å². The Labute approximate surface area is 181 Å². The number of carbonyl (C=O) groups is 3. The van der Waals surface area contributed by atoms with E-state index in [2.05, 4.69) is 23.1 Å². The number of hydrogen-bond acceptors (Lipinski definition) is 5. The number of hydrazine groups is 1. The molecule has 30 heavy (non-hydrogen) atoms. The molecule has 0 aliphatic heterocycles. The first-order valence-corrected chi connectivity index (χ1v) is 11.2. The van der Waals surface area contributed by atoms with Gasteiger partial charge in [-0.3, -0.25) is 25.2 Å². The van der Waals surface area contributed by atoms with Crippen LogP contribution in [0.5, 0.6) is 5.75 Å². The van der Waals surface area contributed by atoms with Crippen LogP contribution in [0.2, 0.25) is 0 Å². The highest BCUT2D eigenvalue weighted by Gasteiger charge is 2.09. The second kappa shape index (κ2) is 13.4. The van der Waals surface area contributed by atoms with Crippen LogP contribution in [0.3, 0.4) is 0 Å². The molecule has 2 aromatic rings. The number of nitrogens with one attached hydrogen (secondary N) is 3. The Morgan fingerprint density at radius 1 is 0.900 bits per heavy atom. The van der Waals surface area contributed by atoms with Crippen molar-refractivity contribution < 1.29 is 19.1 Å². The van der Waals surface area contributed by atoms with Gasteiger partial charge >= 0.3 is 0 Å². The van der Waals surface area contributed by atoms with Crippen molar-refractivity contribution in [3.05, 3.63) is 52.2 Å². The number of rotatable bonds is 12. The number of thiophene rings is 1. The minimum atomic E-state index is -0.399. The van der Waals surface area contributed by atoms with Gasteiger partial charge in [-0.1, -0.05) is 26.2 Å². The molecule has 0 saturated heterocycles. The van der Waals surface area contributed by atoms with E-state index in [9.17, 15) is 14.4 Å². The Bertz CT molecular complexity index is 791. The number of hydrogen-bond donors (Lipinski definition) is 3. The minimum absolute atomic E-state index is 0.154. The summed E-state index contributed by atoms with van der Waals surface area (Å²) in [5.41, 5.74) is 5.82. The number of benzene rings is 1. The Hall–Kier alpha value is -2.87. The molecule has 7 nitrogen and oxygen atoms in total. The van der Waals surface area contributed by atoms with Crippen LogP contribution in [-0.4, -0.2) is 30.9 Å². The lowest BCUT2D eigenvalue weighted by Gasteiger charge is -2.09. The summed E-state index contributed by atoms with van der Waals surface area (Å²) in [6.07, 6.45) is 5.22.